The van der Waals surface area contributed by atoms with Crippen molar-refractivity contribution in [3.8, 4) is 0 Å². The second-order valence-electron chi connectivity index (χ2n) is 32.8. The van der Waals surface area contributed by atoms with Crippen molar-refractivity contribution in [1.29, 1.82) is 0 Å². The smallest absolute Gasteiger partial charge is 0.462 e. The first-order valence-electron chi connectivity index (χ1n) is 46.6. The Morgan fingerprint density at radius 2 is 0.422 bits per heavy atom. The summed E-state index contributed by atoms with van der Waals surface area (Å²) in [5.41, 5.74) is 0. The molecule has 0 rings (SSSR count). The lowest BCUT2D eigenvalue weighted by molar-refractivity contribution is -0.161. The van der Waals surface area contributed by atoms with Crippen LogP contribution in [0.4, 0.5) is 0 Å². The van der Waals surface area contributed by atoms with Crippen LogP contribution in [0.3, 0.4) is 0 Å². The Labute approximate surface area is 670 Å². The van der Waals surface area contributed by atoms with Gasteiger partial charge in [0.25, 0.3) is 0 Å². The number of hydrogen-bond acceptors (Lipinski definition) is 15. The molecule has 17 nitrogen and oxygen atoms in total. The number of phosphoric ester groups is 2. The first kappa shape index (κ1) is 107. The van der Waals surface area contributed by atoms with Gasteiger partial charge in [-0.2, -0.15) is 0 Å². The zero-order chi connectivity index (χ0) is 79.7. The van der Waals surface area contributed by atoms with Gasteiger partial charge >= 0.3 is 39.5 Å². The van der Waals surface area contributed by atoms with Crippen LogP contribution < -0.4 is 0 Å². The SMILES string of the molecule is CCCCCCCCCCCCCCCCCCCCCCCCC(=O)OC[C@H](COP(=O)(O)OC[C@@H](O)COP(=O)(O)OC[C@@H](COC(=O)CCCCCCCCC(C)C)OC(=O)CCCCCCCCCCCCCCCCCC)OC(=O)CCCCCCCCCCCCCCCCCCCCCCCC. The van der Waals surface area contributed by atoms with Crippen molar-refractivity contribution in [3.63, 3.8) is 0 Å². The molecule has 0 spiro atoms. The molecule has 0 saturated carbocycles. The summed E-state index contributed by atoms with van der Waals surface area (Å²) in [6, 6.07) is 0. The third kappa shape index (κ3) is 83.8. The van der Waals surface area contributed by atoms with Gasteiger partial charge in [-0.3, -0.25) is 37.3 Å². The van der Waals surface area contributed by atoms with Gasteiger partial charge in [0.05, 0.1) is 26.4 Å². The van der Waals surface area contributed by atoms with Gasteiger partial charge in [0, 0.05) is 25.7 Å². The van der Waals surface area contributed by atoms with Gasteiger partial charge in [0.1, 0.15) is 19.3 Å². The predicted molar refractivity (Wildman–Crippen MR) is 451 cm³/mol. The molecule has 0 aromatic carbocycles. The van der Waals surface area contributed by atoms with E-state index in [1.165, 1.54) is 308 Å². The Morgan fingerprint density at radius 3 is 0.624 bits per heavy atom. The lowest BCUT2D eigenvalue weighted by atomic mass is 10.0. The van der Waals surface area contributed by atoms with Crippen LogP contribution in [0.5, 0.6) is 0 Å². The standard InChI is InChI=1S/C90H176O17P2/c1-6-9-12-15-18-21-24-27-30-33-35-37-39-41-43-46-48-51-54-57-63-68-73-87(92)100-79-85(106-89(94)75-71-66-59-56-53-50-47-44-42-40-38-36-34-31-28-25-22-19-16-13-10-7-2)81-104-108(96,97)102-77-84(91)78-103-109(98,99)105-82-86(80-101-88(93)74-69-64-61-60-62-67-72-83(4)5)107-90(95)76-70-65-58-55-52-49-45-32-29-26-23-20-17-14-11-8-3/h83-86,91H,6-82H2,1-5H3,(H,96,97)(H,98,99)/t84-,85-,86-/m1/s1. The number of rotatable bonds is 90. The molecular weight excluding hydrogens is 1410 g/mol. The molecule has 0 aliphatic rings. The van der Waals surface area contributed by atoms with E-state index in [4.69, 9.17) is 37.0 Å². The zero-order valence-corrected chi connectivity index (χ0v) is 73.5. The fraction of sp³-hybridized carbons (Fsp3) is 0.956. The van der Waals surface area contributed by atoms with Gasteiger partial charge in [-0.15, -0.1) is 0 Å². The van der Waals surface area contributed by atoms with Crippen LogP contribution in [0, 0.1) is 5.92 Å². The van der Waals surface area contributed by atoms with E-state index in [0.29, 0.717) is 31.6 Å². The number of ether oxygens (including phenoxy) is 4. The maximum Gasteiger partial charge on any atom is 0.472 e. The highest BCUT2D eigenvalue weighted by Crippen LogP contribution is 2.45. The molecular formula is C90H176O17P2. The molecule has 109 heavy (non-hydrogen) atoms. The van der Waals surface area contributed by atoms with Gasteiger partial charge in [0.15, 0.2) is 12.2 Å². The largest absolute Gasteiger partial charge is 0.472 e. The van der Waals surface area contributed by atoms with E-state index in [9.17, 15) is 43.2 Å². The second-order valence-corrected chi connectivity index (χ2v) is 35.7. The van der Waals surface area contributed by atoms with E-state index in [0.717, 1.165) is 96.3 Å². The molecule has 648 valence electrons. The highest BCUT2D eigenvalue weighted by molar-refractivity contribution is 7.47. The number of unbranched alkanes of at least 4 members (excludes halogenated alkanes) is 62. The topological polar surface area (TPSA) is 237 Å². The van der Waals surface area contributed by atoms with Crippen LogP contribution in [-0.2, 0) is 65.4 Å². The van der Waals surface area contributed by atoms with E-state index in [-0.39, 0.29) is 25.7 Å². The average Bonchev–Trinajstić information content (AvgIpc) is 0.903. The van der Waals surface area contributed by atoms with Gasteiger partial charge in [0.2, 0.25) is 0 Å². The third-order valence-electron chi connectivity index (χ3n) is 21.3. The maximum atomic E-state index is 13.2. The summed E-state index contributed by atoms with van der Waals surface area (Å²) in [6.45, 7) is 7.30. The van der Waals surface area contributed by atoms with E-state index < -0.39 is 97.5 Å². The van der Waals surface area contributed by atoms with Crippen molar-refractivity contribution in [2.75, 3.05) is 39.6 Å². The third-order valence-corrected chi connectivity index (χ3v) is 23.2. The summed E-state index contributed by atoms with van der Waals surface area (Å²) < 4.78 is 69.0. The molecule has 2 unspecified atom stereocenters. The van der Waals surface area contributed by atoms with Crippen molar-refractivity contribution in [3.05, 3.63) is 0 Å². The number of esters is 4. The van der Waals surface area contributed by atoms with Gasteiger partial charge in [-0.25, -0.2) is 9.13 Å². The number of phosphoric acid groups is 2. The Hall–Kier alpha value is -1.94. The molecule has 0 fully saturated rings. The van der Waals surface area contributed by atoms with Crippen molar-refractivity contribution >= 4 is 39.5 Å². The van der Waals surface area contributed by atoms with Crippen LogP contribution >= 0.6 is 15.6 Å². The van der Waals surface area contributed by atoms with Crippen LogP contribution in [0.1, 0.15) is 490 Å². The van der Waals surface area contributed by atoms with Gasteiger partial charge in [-0.05, 0) is 31.6 Å². The molecule has 0 saturated heterocycles. The number of hydrogen-bond donors (Lipinski definition) is 3. The Morgan fingerprint density at radius 1 is 0.248 bits per heavy atom. The number of carbonyl (C=O) groups excluding carboxylic acids is 4. The van der Waals surface area contributed by atoms with Crippen molar-refractivity contribution in [1.82, 2.24) is 0 Å². The van der Waals surface area contributed by atoms with E-state index in [1.54, 1.807) is 0 Å². The molecule has 0 aliphatic heterocycles. The van der Waals surface area contributed by atoms with Gasteiger partial charge in [-0.1, -0.05) is 439 Å². The lowest BCUT2D eigenvalue weighted by Crippen LogP contribution is -2.30. The first-order valence-corrected chi connectivity index (χ1v) is 49.6. The van der Waals surface area contributed by atoms with Crippen LogP contribution in [0.2, 0.25) is 0 Å². The van der Waals surface area contributed by atoms with E-state index in [1.807, 2.05) is 0 Å². The maximum absolute atomic E-state index is 13.2. The Kier molecular flexibility index (Phi) is 81.1. The molecule has 0 radical (unpaired) electrons. The fourth-order valence-electron chi connectivity index (χ4n) is 14.2. The summed E-state index contributed by atoms with van der Waals surface area (Å²) in [4.78, 5) is 73.3. The normalized spacial score (nSPS) is 13.7. The summed E-state index contributed by atoms with van der Waals surface area (Å²) in [5.74, 6) is -1.42. The summed E-state index contributed by atoms with van der Waals surface area (Å²) in [6.07, 6.45) is 78.3. The van der Waals surface area contributed by atoms with Crippen LogP contribution in [-0.4, -0.2) is 96.7 Å². The number of aliphatic hydroxyl groups is 1. The second kappa shape index (κ2) is 82.6. The highest BCUT2D eigenvalue weighted by Gasteiger charge is 2.31. The average molecular weight is 1590 g/mol. The molecule has 0 aliphatic carbocycles. The van der Waals surface area contributed by atoms with Crippen LogP contribution in [0.15, 0.2) is 0 Å². The minimum absolute atomic E-state index is 0.108. The monoisotopic (exact) mass is 1590 g/mol. The molecule has 0 aromatic rings. The van der Waals surface area contributed by atoms with Gasteiger partial charge < -0.3 is 33.8 Å². The van der Waals surface area contributed by atoms with Crippen molar-refractivity contribution in [2.24, 2.45) is 5.92 Å². The Balaban J connectivity index is 5.18. The molecule has 3 N–H and O–H groups in total. The molecule has 0 heterocycles. The molecule has 0 aromatic heterocycles. The lowest BCUT2D eigenvalue weighted by Gasteiger charge is -2.21. The molecule has 0 bridgehead atoms. The molecule has 19 heteroatoms. The summed E-state index contributed by atoms with van der Waals surface area (Å²) in [7, 11) is -9.93. The highest BCUT2D eigenvalue weighted by atomic mass is 31.2. The summed E-state index contributed by atoms with van der Waals surface area (Å²) >= 11 is 0. The van der Waals surface area contributed by atoms with Crippen molar-refractivity contribution in [2.45, 2.75) is 509 Å². The number of aliphatic hydroxyl groups excluding tert-OH is 1. The van der Waals surface area contributed by atoms with Crippen molar-refractivity contribution < 1.29 is 80.2 Å². The quantitative estimate of drug-likeness (QED) is 0.0222. The zero-order valence-electron chi connectivity index (χ0n) is 71.7. The number of carbonyl (C=O) groups is 4. The Bertz CT molecular complexity index is 2070. The summed E-state index contributed by atoms with van der Waals surface area (Å²) in [5, 5.41) is 10.7. The molecule has 0 amide bonds. The minimum Gasteiger partial charge on any atom is -0.462 e. The first-order chi connectivity index (χ1) is 53.0. The minimum atomic E-state index is -4.97. The molecule has 5 atom stereocenters. The van der Waals surface area contributed by atoms with E-state index in [2.05, 4.69) is 34.6 Å². The van der Waals surface area contributed by atoms with E-state index >= 15 is 0 Å². The predicted octanol–water partition coefficient (Wildman–Crippen LogP) is 27.9. The fourth-order valence-corrected chi connectivity index (χ4v) is 15.8. The van der Waals surface area contributed by atoms with Crippen LogP contribution in [0.25, 0.3) is 0 Å².